The van der Waals surface area contributed by atoms with Crippen LogP contribution in [0.15, 0.2) is 60.8 Å². The van der Waals surface area contributed by atoms with Gasteiger partial charge in [-0.3, -0.25) is 8.98 Å². The van der Waals surface area contributed by atoms with Crippen molar-refractivity contribution in [3.05, 3.63) is 60.8 Å². The van der Waals surface area contributed by atoms with Gasteiger partial charge in [0.15, 0.2) is 0 Å². The summed E-state index contributed by atoms with van der Waals surface area (Å²) in [6, 6.07) is 0. The Labute approximate surface area is 578 Å². The first-order chi connectivity index (χ1) is 45.5. The van der Waals surface area contributed by atoms with Crippen LogP contribution in [0.3, 0.4) is 0 Å². The van der Waals surface area contributed by atoms with Gasteiger partial charge in [-0.1, -0.05) is 80.9 Å². The third kappa shape index (κ3) is 16.6. The lowest BCUT2D eigenvalue weighted by atomic mass is 9.47. The lowest BCUT2D eigenvalue weighted by Crippen LogP contribution is -2.62. The van der Waals surface area contributed by atoms with Gasteiger partial charge in [-0.25, -0.2) is 28.8 Å². The van der Waals surface area contributed by atoms with Crippen LogP contribution in [0.2, 0.25) is 0 Å². The Kier molecular flexibility index (Phi) is 23.7. The molecule has 2 heterocycles. The van der Waals surface area contributed by atoms with Crippen LogP contribution in [0.5, 0.6) is 0 Å². The Hall–Kier alpha value is -5.14. The van der Waals surface area contributed by atoms with Crippen LogP contribution in [0, 0.1) is 82.9 Å². The van der Waals surface area contributed by atoms with Gasteiger partial charge < -0.3 is 38.3 Å². The highest BCUT2D eigenvalue weighted by molar-refractivity contribution is 7.87. The number of aliphatic hydroxyl groups is 1. The summed E-state index contributed by atoms with van der Waals surface area (Å²) in [4.78, 5) is 80.6. The number of cyclic esters (lactones) is 1. The Morgan fingerprint density at radius 1 is 0.557 bits per heavy atom. The van der Waals surface area contributed by atoms with Gasteiger partial charge in [0, 0.05) is 52.5 Å². The molecule has 97 heavy (non-hydrogen) atoms. The molecule has 0 aromatic heterocycles. The minimum atomic E-state index is -3.43. The number of fused-ring (bicyclic) bond motifs is 1. The fourth-order valence-corrected chi connectivity index (χ4v) is 23.0. The van der Waals surface area contributed by atoms with Crippen LogP contribution in [-0.2, 0) is 81.0 Å². The van der Waals surface area contributed by atoms with E-state index < -0.39 is 51.6 Å². The van der Waals surface area contributed by atoms with Crippen molar-refractivity contribution in [2.24, 2.45) is 82.9 Å². The molecular weight excluding hydrogens is 1260 g/mol. The molecule has 17 rings (SSSR count). The summed E-state index contributed by atoms with van der Waals surface area (Å²) >= 11 is 0. The van der Waals surface area contributed by atoms with E-state index in [0.29, 0.717) is 95.2 Å². The zero-order chi connectivity index (χ0) is 71.1. The van der Waals surface area contributed by atoms with Gasteiger partial charge in [0.05, 0.1) is 23.4 Å². The number of hydrogen-bond donors (Lipinski definition) is 1. The van der Waals surface area contributed by atoms with Crippen LogP contribution in [0.1, 0.15) is 243 Å². The molecular formula is C78H116O18S. The van der Waals surface area contributed by atoms with Crippen molar-refractivity contribution < 1.29 is 84.4 Å². The maximum absolute atomic E-state index is 12.1. The number of rotatable bonds is 15. The predicted molar refractivity (Wildman–Crippen MR) is 366 cm³/mol. The fourth-order valence-electron chi connectivity index (χ4n) is 21.1. The van der Waals surface area contributed by atoms with E-state index in [1.54, 1.807) is 48.5 Å². The van der Waals surface area contributed by atoms with E-state index in [9.17, 15) is 47.1 Å². The van der Waals surface area contributed by atoms with Gasteiger partial charge in [-0.15, -0.1) is 0 Å². The second kappa shape index (κ2) is 30.2. The highest BCUT2D eigenvalue weighted by Gasteiger charge is 2.66. The highest BCUT2D eigenvalue weighted by Crippen LogP contribution is 2.64. The Balaban J connectivity index is 0.000000137. The molecule has 0 amide bonds. The van der Waals surface area contributed by atoms with Crippen molar-refractivity contribution in [2.75, 3.05) is 6.61 Å². The molecule has 8 atom stereocenters. The minimum absolute atomic E-state index is 0.00733. The van der Waals surface area contributed by atoms with Gasteiger partial charge in [-0.05, 0) is 247 Å². The van der Waals surface area contributed by atoms with Crippen LogP contribution in [-0.4, -0.2) is 113 Å². The van der Waals surface area contributed by atoms with Crippen LogP contribution in [0.25, 0.3) is 0 Å². The Morgan fingerprint density at radius 2 is 1.02 bits per heavy atom. The van der Waals surface area contributed by atoms with E-state index in [2.05, 4.69) is 65.3 Å². The topological polar surface area (TPSA) is 248 Å². The summed E-state index contributed by atoms with van der Waals surface area (Å²) in [5, 5.41) is 10.1. The van der Waals surface area contributed by atoms with E-state index in [1.807, 2.05) is 0 Å². The molecule has 8 unspecified atom stereocenters. The zero-order valence-corrected chi connectivity index (χ0v) is 61.1. The van der Waals surface area contributed by atoms with Crippen molar-refractivity contribution in [2.45, 2.75) is 295 Å². The largest absolute Gasteiger partial charge is 0.463 e. The lowest BCUT2D eigenvalue weighted by molar-refractivity contribution is -0.221. The van der Waals surface area contributed by atoms with Gasteiger partial charge >= 0.3 is 41.8 Å². The van der Waals surface area contributed by atoms with E-state index in [1.165, 1.54) is 89.9 Å². The van der Waals surface area contributed by atoms with Gasteiger partial charge in [0.2, 0.25) is 6.10 Å². The van der Waals surface area contributed by atoms with Crippen molar-refractivity contribution in [1.82, 2.24) is 0 Å². The Bertz CT molecular complexity index is 3070. The molecule has 17 aliphatic rings. The monoisotopic (exact) mass is 1370 g/mol. The molecule has 0 aromatic rings. The maximum Gasteiger partial charge on any atom is 0.347 e. The molecule has 19 heteroatoms. The molecule has 2 saturated heterocycles. The van der Waals surface area contributed by atoms with Gasteiger partial charge in [-0.2, -0.15) is 8.42 Å². The number of hydrogen-bond acceptors (Lipinski definition) is 18. The molecule has 0 radical (unpaired) electrons. The molecule has 542 valence electrons. The van der Waals surface area contributed by atoms with Crippen LogP contribution >= 0.6 is 0 Å². The molecule has 18 nitrogen and oxygen atoms in total. The van der Waals surface area contributed by atoms with Crippen LogP contribution in [0.4, 0.5) is 0 Å². The van der Waals surface area contributed by atoms with Crippen molar-refractivity contribution >= 4 is 51.9 Å². The first-order valence-electron chi connectivity index (χ1n) is 36.9. The van der Waals surface area contributed by atoms with Crippen molar-refractivity contribution in [3.8, 4) is 0 Å². The number of esters is 7. The third-order valence-electron chi connectivity index (χ3n) is 25.0. The molecule has 0 aromatic carbocycles. The van der Waals surface area contributed by atoms with Crippen molar-refractivity contribution in [3.63, 3.8) is 0 Å². The van der Waals surface area contributed by atoms with Crippen LogP contribution < -0.4 is 0 Å². The average molecular weight is 1370 g/mol. The maximum atomic E-state index is 12.1. The summed E-state index contributed by atoms with van der Waals surface area (Å²) in [6.07, 6.45) is 26.4. The summed E-state index contributed by atoms with van der Waals surface area (Å²) in [5.74, 6) is 5.33. The smallest absolute Gasteiger partial charge is 0.347 e. The molecule has 0 spiro atoms. The van der Waals surface area contributed by atoms with E-state index in [0.717, 1.165) is 81.5 Å². The second-order valence-corrected chi connectivity index (χ2v) is 35.0. The number of carbonyl (C=O) groups excluding carboxylic acids is 7. The van der Waals surface area contributed by atoms with E-state index in [-0.39, 0.29) is 69.7 Å². The fraction of sp³-hybridized carbons (Fsp3) is 0.782. The summed E-state index contributed by atoms with van der Waals surface area (Å²) in [6.45, 7) is 39.3. The molecule has 17 fully saturated rings. The first-order valence-corrected chi connectivity index (χ1v) is 38.4. The summed E-state index contributed by atoms with van der Waals surface area (Å²) in [5.41, 5.74) is 0.835. The SMILES string of the molecule is C=C(C)C(=O)OC1(C(C)C)C2CC3CC(C2)CC1C3.C=C(C)C(=O)OC1(CC)C2CC3CC(C2)CC1C3.C=C(C)C(=O)OC1(CC)CCCCC1.C=C(C)C(=O)OC12CC3CC(CC(O)(C3)C1)C2.C=C(C)C(=O)OC1C2CC3C1OS(=O)(=O)C3C2.CC(C)C(=O)OC1CCOC1=O. The highest BCUT2D eigenvalue weighted by atomic mass is 32.2. The molecule has 15 aliphatic carbocycles. The quantitative estimate of drug-likeness (QED) is 0.0692. The molecule has 1 N–H and O–H groups in total. The van der Waals surface area contributed by atoms with Gasteiger partial charge in [0.1, 0.15) is 34.6 Å². The average Bonchev–Trinajstić information content (AvgIpc) is 0.851. The number of carbonyl (C=O) groups is 7. The summed E-state index contributed by atoms with van der Waals surface area (Å²) in [7, 11) is -3.43. The van der Waals surface area contributed by atoms with Gasteiger partial charge in [0.25, 0.3) is 10.1 Å². The standard InChI is InChI=1S/C17H26O2.C16H24O2.C14H20O3.C12H20O2.C11H14O5S.C8H12O4/c1-10(2)16(18)19-17(11(3)4)14-6-12-5-13(8-14)9-15(17)7-12;1-4-16(18-15(17)10(2)3)13-6-11-5-12(8-13)9-14(16)7-11;1-9(2)12(15)17-14-6-10-3-11(7-14)5-13(16,4-10)8-14;1-4-12(8-6-5-7-9-12)14-11(13)10(2)3;1-5(2)11(12)15-9-6-3-7-8(4-6)17(13,14)16-10(7)9;1-5(2)7(9)12-6-3-4-11-8(6)10/h11-15H,1,5-9H2,2-4H3;11-14H,2,4-9H2,1,3H3;10-11,16H,1,3-8H2,2H3;2,4-9H2,1,3H3;6-10H,1,3-4H2,2H3;5-6H,3-4H2,1-2H3. The second-order valence-electron chi connectivity index (χ2n) is 33.2. The minimum Gasteiger partial charge on any atom is -0.463 e. The zero-order valence-electron chi connectivity index (χ0n) is 60.3. The number of ether oxygens (including phenoxy) is 7. The Morgan fingerprint density at radius 3 is 1.45 bits per heavy atom. The lowest BCUT2D eigenvalue weighted by Gasteiger charge is -2.61. The first kappa shape index (κ1) is 76.0. The molecule has 15 saturated carbocycles. The third-order valence-corrected chi connectivity index (χ3v) is 26.7. The summed E-state index contributed by atoms with van der Waals surface area (Å²) < 4.78 is 66.5. The van der Waals surface area contributed by atoms with E-state index in [4.69, 9.17) is 32.6 Å². The molecule has 2 aliphatic heterocycles. The van der Waals surface area contributed by atoms with Crippen molar-refractivity contribution in [1.29, 1.82) is 0 Å². The van der Waals surface area contributed by atoms with E-state index >= 15 is 0 Å². The predicted octanol–water partition coefficient (Wildman–Crippen LogP) is 14.2. The molecule has 14 bridgehead atoms. The normalized spacial score (nSPS) is 38.7.